The zero-order valence-electron chi connectivity index (χ0n) is 71.9. The first-order valence-corrected chi connectivity index (χ1v) is 45.2. The van der Waals surface area contributed by atoms with E-state index in [2.05, 4.69) is 535 Å². The molecule has 131 heavy (non-hydrogen) atoms. The first-order chi connectivity index (χ1) is 64.9. The van der Waals surface area contributed by atoms with Crippen LogP contribution in [0.15, 0.2) is 516 Å². The zero-order chi connectivity index (χ0) is 86.7. The van der Waals surface area contributed by atoms with Gasteiger partial charge in [-0.25, -0.2) is 0 Å². The Bertz CT molecular complexity index is 7870. The molecule has 0 bridgehead atoms. The van der Waals surface area contributed by atoms with Crippen molar-refractivity contribution in [3.63, 3.8) is 0 Å². The Balaban J connectivity index is 0.827. The third kappa shape index (κ3) is 14.4. The Labute approximate surface area is 764 Å². The smallest absolute Gasteiger partial charge is 0.252 e. The van der Waals surface area contributed by atoms with Gasteiger partial charge in [0.1, 0.15) is 0 Å². The Morgan fingerprint density at radius 1 is 0.160 bits per heavy atom. The van der Waals surface area contributed by atoms with E-state index in [0.29, 0.717) is 0 Å². The molecule has 0 radical (unpaired) electrons. The standard InChI is InChI=1S/C126H85BN4/c1-10-35-86(36-11-1)94-61-65-109(66-62-94)128(110-54-34-51-95(80-110)87-37-12-2-13-38-87)111-67-68-116-123(85-111)131(119-59-32-29-56-113(119)107-78-102(92-47-22-7-23-48-92)73-103(79-107)93-49-24-8-25-50-93)125-84-105(96-63-69-121-115(81-96)114-57-30-33-60-120(114)129(121)108-52-26-9-27-53-108)83-124-126(125)127(116)117-82-97(104-74-98(88-39-14-3-15-40-88)71-99(75-104)89-41-16-4-17-42-89)64-70-122(117)130(124)118-58-31-28-55-112(118)106-76-100(90-43-18-5-19-44-90)72-101(77-106)91-45-20-6-21-46-91/h1-85H. The lowest BCUT2D eigenvalue weighted by atomic mass is 9.33. The van der Waals surface area contributed by atoms with Crippen LogP contribution in [0.5, 0.6) is 0 Å². The first kappa shape index (κ1) is 77.5. The predicted octanol–water partition coefficient (Wildman–Crippen LogP) is 32.3. The summed E-state index contributed by atoms with van der Waals surface area (Å²) < 4.78 is 2.43. The molecule has 4 nitrogen and oxygen atoms in total. The van der Waals surface area contributed by atoms with Gasteiger partial charge in [-0.1, -0.05) is 364 Å². The van der Waals surface area contributed by atoms with Crippen molar-refractivity contribution in [1.29, 1.82) is 0 Å². The summed E-state index contributed by atoms with van der Waals surface area (Å²) in [6.45, 7) is -0.366. The number of benzene rings is 21. The van der Waals surface area contributed by atoms with E-state index >= 15 is 0 Å². The number of nitrogens with zero attached hydrogens (tertiary/aromatic N) is 4. The van der Waals surface area contributed by atoms with Crippen LogP contribution in [-0.4, -0.2) is 11.3 Å². The monoisotopic (exact) mass is 1660 g/mol. The molecule has 0 saturated heterocycles. The van der Waals surface area contributed by atoms with E-state index in [0.717, 1.165) is 207 Å². The van der Waals surface area contributed by atoms with Crippen LogP contribution in [0.2, 0.25) is 0 Å². The van der Waals surface area contributed by atoms with Gasteiger partial charge in [0, 0.05) is 67.4 Å². The van der Waals surface area contributed by atoms with Crippen LogP contribution in [0.25, 0.3) is 161 Å². The van der Waals surface area contributed by atoms with Gasteiger partial charge in [-0.3, -0.25) is 0 Å². The fourth-order valence-corrected chi connectivity index (χ4v) is 20.3. The van der Waals surface area contributed by atoms with Gasteiger partial charge in [-0.05, 0) is 290 Å². The highest BCUT2D eigenvalue weighted by molar-refractivity contribution is 7.00. The number of rotatable bonds is 18. The SMILES string of the molecule is c1ccc(-c2ccc(N(c3cccc(-c4ccccc4)c3)c3ccc4c(c3)N(c3ccccc3-c3cc(-c5ccccc5)cc(-c5ccccc5)c3)c3cc(-c5ccc6c(c5)c5ccccc5n6-c5ccccc5)cc5c3B4c3cc(-c4cc(-c6ccccc6)cc(-c6ccccc6)c4)ccc3N5c3ccccc3-c3cc(-c4ccccc4)cc(-c4ccccc4)c3)cc2)cc1. The number of hydrogen-bond donors (Lipinski definition) is 0. The molecule has 24 rings (SSSR count). The van der Waals surface area contributed by atoms with Crippen molar-refractivity contribution in [1.82, 2.24) is 4.57 Å². The molecule has 3 heterocycles. The molecule has 0 aliphatic carbocycles. The lowest BCUT2D eigenvalue weighted by Gasteiger charge is -2.45. The fraction of sp³-hybridized carbons (Fsp3) is 0. The molecule has 22 aromatic rings. The number of para-hydroxylation sites is 4. The maximum absolute atomic E-state index is 2.67. The normalized spacial score (nSPS) is 11.9. The van der Waals surface area contributed by atoms with E-state index in [9.17, 15) is 0 Å². The van der Waals surface area contributed by atoms with Gasteiger partial charge in [0.2, 0.25) is 0 Å². The average Bonchev–Trinajstić information content (AvgIpc) is 0.933. The molecule has 2 aliphatic heterocycles. The third-order valence-corrected chi connectivity index (χ3v) is 26.5. The summed E-state index contributed by atoms with van der Waals surface area (Å²) in [4.78, 5) is 7.80. The van der Waals surface area contributed by atoms with Gasteiger partial charge in [0.25, 0.3) is 6.71 Å². The minimum Gasteiger partial charge on any atom is -0.311 e. The van der Waals surface area contributed by atoms with E-state index in [1.165, 1.54) is 21.7 Å². The van der Waals surface area contributed by atoms with Crippen molar-refractivity contribution in [2.24, 2.45) is 0 Å². The maximum Gasteiger partial charge on any atom is 0.252 e. The van der Waals surface area contributed by atoms with Gasteiger partial charge >= 0.3 is 0 Å². The van der Waals surface area contributed by atoms with E-state index in [1.807, 2.05) is 0 Å². The second-order valence-electron chi connectivity index (χ2n) is 34.3. The van der Waals surface area contributed by atoms with Crippen LogP contribution >= 0.6 is 0 Å². The topological polar surface area (TPSA) is 14.7 Å². The average molecular weight is 1670 g/mol. The molecule has 0 fully saturated rings. The summed E-state index contributed by atoms with van der Waals surface area (Å²) in [5, 5.41) is 2.35. The molecule has 612 valence electrons. The second kappa shape index (κ2) is 33.3. The minimum absolute atomic E-state index is 0.366. The molecular formula is C126H85BN4. The quantitative estimate of drug-likeness (QED) is 0.0796. The lowest BCUT2D eigenvalue weighted by Crippen LogP contribution is -2.61. The molecule has 0 unspecified atom stereocenters. The molecule has 1 aromatic heterocycles. The lowest BCUT2D eigenvalue weighted by molar-refractivity contribution is 1.18. The summed E-state index contributed by atoms with van der Waals surface area (Å²) in [6, 6.07) is 192. The molecule has 0 amide bonds. The Kier molecular flexibility index (Phi) is 19.7. The van der Waals surface area contributed by atoms with E-state index < -0.39 is 0 Å². The van der Waals surface area contributed by atoms with Crippen molar-refractivity contribution < 1.29 is 0 Å². The summed E-state index contributed by atoms with van der Waals surface area (Å²) >= 11 is 0. The van der Waals surface area contributed by atoms with Crippen molar-refractivity contribution in [3.8, 4) is 139 Å². The molecule has 0 atom stereocenters. The van der Waals surface area contributed by atoms with Crippen molar-refractivity contribution in [2.45, 2.75) is 0 Å². The molecular weight excluding hydrogens is 1580 g/mol. The largest absolute Gasteiger partial charge is 0.311 e. The van der Waals surface area contributed by atoms with Crippen molar-refractivity contribution in [3.05, 3.63) is 516 Å². The van der Waals surface area contributed by atoms with Crippen molar-refractivity contribution in [2.75, 3.05) is 14.7 Å². The van der Waals surface area contributed by atoms with Crippen LogP contribution in [-0.2, 0) is 0 Å². The number of aromatic nitrogens is 1. The van der Waals surface area contributed by atoms with Crippen molar-refractivity contribution >= 4 is 96.1 Å². The second-order valence-corrected chi connectivity index (χ2v) is 34.3. The highest BCUT2D eigenvalue weighted by Crippen LogP contribution is 2.54. The van der Waals surface area contributed by atoms with Crippen LogP contribution in [0, 0.1) is 0 Å². The van der Waals surface area contributed by atoms with Gasteiger partial charge < -0.3 is 19.3 Å². The molecule has 0 saturated carbocycles. The van der Waals surface area contributed by atoms with Gasteiger partial charge in [-0.15, -0.1) is 0 Å². The molecule has 0 N–H and O–H groups in total. The molecule has 0 spiro atoms. The first-order valence-electron chi connectivity index (χ1n) is 45.2. The Morgan fingerprint density at radius 2 is 0.489 bits per heavy atom. The molecule has 5 heteroatoms. The van der Waals surface area contributed by atoms with Crippen LogP contribution in [0.1, 0.15) is 0 Å². The summed E-state index contributed by atoms with van der Waals surface area (Å²) in [6.07, 6.45) is 0. The Hall–Kier alpha value is -17.1. The Morgan fingerprint density at radius 3 is 0.969 bits per heavy atom. The third-order valence-electron chi connectivity index (χ3n) is 26.5. The number of anilines is 9. The van der Waals surface area contributed by atoms with E-state index in [4.69, 9.17) is 0 Å². The zero-order valence-corrected chi connectivity index (χ0v) is 71.9. The van der Waals surface area contributed by atoms with Crippen LogP contribution in [0.3, 0.4) is 0 Å². The van der Waals surface area contributed by atoms with Crippen LogP contribution < -0.4 is 31.1 Å². The van der Waals surface area contributed by atoms with Crippen LogP contribution in [0.4, 0.5) is 51.2 Å². The number of fused-ring (bicyclic) bond motifs is 7. The van der Waals surface area contributed by atoms with E-state index in [1.54, 1.807) is 0 Å². The number of hydrogen-bond acceptors (Lipinski definition) is 3. The minimum atomic E-state index is -0.366. The van der Waals surface area contributed by atoms with Gasteiger partial charge in [0.15, 0.2) is 0 Å². The van der Waals surface area contributed by atoms with Gasteiger partial charge in [0.05, 0.1) is 22.4 Å². The highest BCUT2D eigenvalue weighted by Gasteiger charge is 2.45. The maximum atomic E-state index is 2.67. The molecule has 2 aliphatic rings. The van der Waals surface area contributed by atoms with E-state index in [-0.39, 0.29) is 6.71 Å². The summed E-state index contributed by atoms with van der Waals surface area (Å²) in [5.41, 5.74) is 43.4. The summed E-state index contributed by atoms with van der Waals surface area (Å²) in [5.74, 6) is 0. The summed E-state index contributed by atoms with van der Waals surface area (Å²) in [7, 11) is 0. The highest BCUT2D eigenvalue weighted by atomic mass is 15.2. The molecule has 21 aromatic carbocycles. The van der Waals surface area contributed by atoms with Gasteiger partial charge in [-0.2, -0.15) is 0 Å². The predicted molar refractivity (Wildman–Crippen MR) is 555 cm³/mol. The fourth-order valence-electron chi connectivity index (χ4n) is 20.3.